The van der Waals surface area contributed by atoms with Gasteiger partial charge in [-0.3, -0.25) is 4.98 Å². The summed E-state index contributed by atoms with van der Waals surface area (Å²) in [4.78, 5) is 4.28. The highest BCUT2D eigenvalue weighted by atomic mass is 14.8. The third kappa shape index (κ3) is 2.25. The zero-order chi connectivity index (χ0) is 13.3. The molecule has 0 atom stereocenters. The summed E-state index contributed by atoms with van der Waals surface area (Å²) in [7, 11) is 0. The van der Waals surface area contributed by atoms with E-state index in [9.17, 15) is 0 Å². The normalized spacial score (nSPS) is 27.6. The van der Waals surface area contributed by atoms with Crippen molar-refractivity contribution in [3.63, 3.8) is 0 Å². The van der Waals surface area contributed by atoms with Crippen LogP contribution in [0.25, 0.3) is 10.8 Å². The summed E-state index contributed by atoms with van der Waals surface area (Å²) in [5.74, 6) is 0.866. The highest BCUT2D eigenvalue weighted by Crippen LogP contribution is 2.40. The molecule has 0 spiro atoms. The molecule has 1 aromatic carbocycles. The molecule has 0 radical (unpaired) electrons. The van der Waals surface area contributed by atoms with Crippen molar-refractivity contribution < 1.29 is 0 Å². The van der Waals surface area contributed by atoms with Crippen LogP contribution in [-0.4, -0.2) is 4.98 Å². The van der Waals surface area contributed by atoms with E-state index < -0.39 is 0 Å². The van der Waals surface area contributed by atoms with Gasteiger partial charge in [0.15, 0.2) is 0 Å². The fourth-order valence-corrected chi connectivity index (χ4v) is 3.42. The second kappa shape index (κ2) is 4.93. The van der Waals surface area contributed by atoms with Gasteiger partial charge in [-0.05, 0) is 48.6 Å². The molecule has 1 aromatic heterocycles. The Kier molecular flexibility index (Phi) is 3.28. The summed E-state index contributed by atoms with van der Waals surface area (Å²) in [6.07, 6.45) is 9.80. The quantitative estimate of drug-likeness (QED) is 0.880. The molecule has 1 saturated carbocycles. The van der Waals surface area contributed by atoms with Crippen LogP contribution in [0.3, 0.4) is 0 Å². The van der Waals surface area contributed by atoms with Crippen LogP contribution in [0.2, 0.25) is 0 Å². The van der Waals surface area contributed by atoms with Crippen LogP contribution in [0.1, 0.15) is 44.6 Å². The Morgan fingerprint density at radius 3 is 2.79 bits per heavy atom. The second-order valence-electron chi connectivity index (χ2n) is 5.91. The SMILES string of the molecule is CCC1CCC(N)(c2cccc3ccncc23)CC1. The zero-order valence-corrected chi connectivity index (χ0v) is 11.6. The molecule has 2 N–H and O–H groups in total. The predicted molar refractivity (Wildman–Crippen MR) is 79.9 cm³/mol. The third-order valence-corrected chi connectivity index (χ3v) is 4.79. The van der Waals surface area contributed by atoms with Crippen molar-refractivity contribution in [1.29, 1.82) is 0 Å². The molecule has 0 aliphatic heterocycles. The Hall–Kier alpha value is -1.41. The molecule has 100 valence electrons. The number of pyridine rings is 1. The van der Waals surface area contributed by atoms with Crippen molar-refractivity contribution in [2.75, 3.05) is 0 Å². The largest absolute Gasteiger partial charge is 0.321 e. The average molecular weight is 254 g/mol. The number of rotatable bonds is 2. The van der Waals surface area contributed by atoms with Crippen LogP contribution >= 0.6 is 0 Å². The van der Waals surface area contributed by atoms with Gasteiger partial charge in [-0.1, -0.05) is 31.5 Å². The Morgan fingerprint density at radius 2 is 2.05 bits per heavy atom. The first kappa shape index (κ1) is 12.6. The molecule has 19 heavy (non-hydrogen) atoms. The van der Waals surface area contributed by atoms with E-state index in [1.807, 2.05) is 12.4 Å². The molecular formula is C17H22N2. The molecule has 3 rings (SSSR count). The van der Waals surface area contributed by atoms with Gasteiger partial charge in [0.05, 0.1) is 0 Å². The maximum atomic E-state index is 6.74. The number of aromatic nitrogens is 1. The monoisotopic (exact) mass is 254 g/mol. The molecule has 0 saturated heterocycles. The lowest BCUT2D eigenvalue weighted by Crippen LogP contribution is -2.40. The number of hydrogen-bond donors (Lipinski definition) is 1. The van der Waals surface area contributed by atoms with Crippen LogP contribution in [-0.2, 0) is 5.54 Å². The van der Waals surface area contributed by atoms with E-state index in [1.54, 1.807) is 0 Å². The molecule has 0 amide bonds. The highest BCUT2D eigenvalue weighted by molar-refractivity contribution is 5.85. The Balaban J connectivity index is 2.00. The summed E-state index contributed by atoms with van der Waals surface area (Å²) in [6.45, 7) is 2.29. The topological polar surface area (TPSA) is 38.9 Å². The van der Waals surface area contributed by atoms with Gasteiger partial charge in [0, 0.05) is 23.3 Å². The first-order chi connectivity index (χ1) is 9.23. The molecule has 0 bridgehead atoms. The van der Waals surface area contributed by atoms with Gasteiger partial charge in [-0.15, -0.1) is 0 Å². The molecule has 2 aromatic rings. The number of nitrogens with zero attached hydrogens (tertiary/aromatic N) is 1. The van der Waals surface area contributed by atoms with Crippen molar-refractivity contribution in [1.82, 2.24) is 4.98 Å². The van der Waals surface area contributed by atoms with Gasteiger partial charge in [0.1, 0.15) is 0 Å². The molecule has 2 heteroatoms. The molecule has 2 nitrogen and oxygen atoms in total. The Morgan fingerprint density at radius 1 is 1.26 bits per heavy atom. The number of fused-ring (bicyclic) bond motifs is 1. The van der Waals surface area contributed by atoms with Crippen LogP contribution in [0.4, 0.5) is 0 Å². The molecule has 1 fully saturated rings. The minimum atomic E-state index is -0.159. The van der Waals surface area contributed by atoms with Crippen molar-refractivity contribution in [2.24, 2.45) is 11.7 Å². The third-order valence-electron chi connectivity index (χ3n) is 4.79. The van der Waals surface area contributed by atoms with Crippen molar-refractivity contribution in [2.45, 2.75) is 44.6 Å². The van der Waals surface area contributed by atoms with Gasteiger partial charge >= 0.3 is 0 Å². The molecular weight excluding hydrogens is 232 g/mol. The number of benzene rings is 1. The smallest absolute Gasteiger partial charge is 0.0416 e. The summed E-state index contributed by atoms with van der Waals surface area (Å²) in [5, 5.41) is 2.47. The first-order valence-electron chi connectivity index (χ1n) is 7.35. The number of nitrogens with two attached hydrogens (primary N) is 1. The predicted octanol–water partition coefficient (Wildman–Crippen LogP) is 3.99. The van der Waals surface area contributed by atoms with E-state index >= 15 is 0 Å². The minimum Gasteiger partial charge on any atom is -0.321 e. The lowest BCUT2D eigenvalue weighted by molar-refractivity contribution is 0.233. The zero-order valence-electron chi connectivity index (χ0n) is 11.6. The molecule has 1 aliphatic rings. The van der Waals surface area contributed by atoms with E-state index in [-0.39, 0.29) is 5.54 Å². The van der Waals surface area contributed by atoms with E-state index in [1.165, 1.54) is 35.6 Å². The summed E-state index contributed by atoms with van der Waals surface area (Å²) < 4.78 is 0. The molecule has 0 unspecified atom stereocenters. The fourth-order valence-electron chi connectivity index (χ4n) is 3.42. The highest BCUT2D eigenvalue weighted by Gasteiger charge is 2.33. The van der Waals surface area contributed by atoms with Gasteiger partial charge in [0.2, 0.25) is 0 Å². The summed E-state index contributed by atoms with van der Waals surface area (Å²) in [6, 6.07) is 8.52. The maximum Gasteiger partial charge on any atom is 0.0416 e. The lowest BCUT2D eigenvalue weighted by atomic mass is 9.72. The van der Waals surface area contributed by atoms with Crippen LogP contribution < -0.4 is 5.73 Å². The van der Waals surface area contributed by atoms with E-state index in [0.717, 1.165) is 18.8 Å². The van der Waals surface area contributed by atoms with Crippen molar-refractivity contribution >= 4 is 10.8 Å². The van der Waals surface area contributed by atoms with E-state index in [0.29, 0.717) is 0 Å². The fraction of sp³-hybridized carbons (Fsp3) is 0.471. The Labute approximate surface area is 115 Å². The number of hydrogen-bond acceptors (Lipinski definition) is 2. The van der Waals surface area contributed by atoms with Crippen LogP contribution in [0.15, 0.2) is 36.7 Å². The van der Waals surface area contributed by atoms with Crippen molar-refractivity contribution in [3.8, 4) is 0 Å². The first-order valence-corrected chi connectivity index (χ1v) is 7.35. The summed E-state index contributed by atoms with van der Waals surface area (Å²) >= 11 is 0. The van der Waals surface area contributed by atoms with E-state index in [2.05, 4.69) is 36.2 Å². The van der Waals surface area contributed by atoms with Gasteiger partial charge < -0.3 is 5.73 Å². The van der Waals surface area contributed by atoms with Crippen LogP contribution in [0, 0.1) is 5.92 Å². The minimum absolute atomic E-state index is 0.159. The van der Waals surface area contributed by atoms with E-state index in [4.69, 9.17) is 5.73 Å². The van der Waals surface area contributed by atoms with Gasteiger partial charge in [-0.25, -0.2) is 0 Å². The van der Waals surface area contributed by atoms with Crippen LogP contribution in [0.5, 0.6) is 0 Å². The Bertz CT molecular complexity index is 563. The van der Waals surface area contributed by atoms with Gasteiger partial charge in [-0.2, -0.15) is 0 Å². The van der Waals surface area contributed by atoms with Gasteiger partial charge in [0.25, 0.3) is 0 Å². The standard InChI is InChI=1S/C17H22N2/c1-2-13-6-9-17(18,10-7-13)16-5-3-4-14-8-11-19-12-15(14)16/h3-5,8,11-13H,2,6-7,9-10,18H2,1H3. The lowest BCUT2D eigenvalue weighted by Gasteiger charge is -2.38. The molecule has 1 aliphatic carbocycles. The second-order valence-corrected chi connectivity index (χ2v) is 5.91. The average Bonchev–Trinajstić information content (AvgIpc) is 2.47. The maximum absolute atomic E-state index is 6.74. The molecule has 1 heterocycles. The summed E-state index contributed by atoms with van der Waals surface area (Å²) in [5.41, 5.74) is 7.86. The van der Waals surface area contributed by atoms with Crippen molar-refractivity contribution in [3.05, 3.63) is 42.2 Å².